The van der Waals surface area contributed by atoms with Crippen LogP contribution in [0.25, 0.3) is 0 Å². The van der Waals surface area contributed by atoms with Crippen molar-refractivity contribution in [2.45, 2.75) is 19.0 Å². The van der Waals surface area contributed by atoms with Gasteiger partial charge in [-0.2, -0.15) is 0 Å². The molecule has 0 bridgehead atoms. The molecule has 0 aromatic carbocycles. The van der Waals surface area contributed by atoms with Gasteiger partial charge in [-0.1, -0.05) is 6.07 Å². The van der Waals surface area contributed by atoms with E-state index in [0.29, 0.717) is 13.1 Å². The zero-order valence-corrected chi connectivity index (χ0v) is 11.4. The first-order valence-corrected chi connectivity index (χ1v) is 8.35. The molecule has 1 aliphatic rings. The number of hydrogen-bond acceptors (Lipinski definition) is 5. The van der Waals surface area contributed by atoms with E-state index < -0.39 is 21.8 Å². The van der Waals surface area contributed by atoms with Gasteiger partial charge >= 0.3 is 5.97 Å². The van der Waals surface area contributed by atoms with E-state index in [1.807, 2.05) is 22.4 Å². The maximum Gasteiger partial charge on any atom is 0.304 e. The summed E-state index contributed by atoms with van der Waals surface area (Å²) in [5.74, 6) is -0.882. The third-order valence-corrected chi connectivity index (χ3v) is 5.56. The number of thiophene rings is 1. The summed E-state index contributed by atoms with van der Waals surface area (Å²) >= 11 is 1.60. The van der Waals surface area contributed by atoms with E-state index in [-0.39, 0.29) is 17.9 Å². The number of nitrogens with zero attached hydrogens (tertiary/aromatic N) is 1. The van der Waals surface area contributed by atoms with Crippen molar-refractivity contribution in [1.82, 2.24) is 4.90 Å². The average Bonchev–Trinajstić information content (AvgIpc) is 2.73. The molecule has 1 saturated heterocycles. The zero-order valence-electron chi connectivity index (χ0n) is 9.78. The van der Waals surface area contributed by atoms with Crippen LogP contribution in [0.4, 0.5) is 0 Å². The molecule has 1 atom stereocenters. The Morgan fingerprint density at radius 2 is 2.33 bits per heavy atom. The van der Waals surface area contributed by atoms with Crippen LogP contribution in [0.5, 0.6) is 0 Å². The fraction of sp³-hybridized carbons (Fsp3) is 0.545. The lowest BCUT2D eigenvalue weighted by molar-refractivity contribution is -0.138. The lowest BCUT2D eigenvalue weighted by Gasteiger charge is -2.34. The van der Waals surface area contributed by atoms with Gasteiger partial charge in [0.15, 0.2) is 9.84 Å². The summed E-state index contributed by atoms with van der Waals surface area (Å²) in [5, 5.41) is 10.8. The highest BCUT2D eigenvalue weighted by Gasteiger charge is 2.32. The predicted octanol–water partition coefficient (Wildman–Crippen LogP) is 0.822. The summed E-state index contributed by atoms with van der Waals surface area (Å²) < 4.78 is 23.1. The number of aliphatic carboxylic acids is 1. The molecule has 0 radical (unpaired) electrons. The van der Waals surface area contributed by atoms with Crippen LogP contribution in [-0.4, -0.2) is 48.5 Å². The van der Waals surface area contributed by atoms with Gasteiger partial charge < -0.3 is 5.11 Å². The summed E-state index contributed by atoms with van der Waals surface area (Å²) in [7, 11) is -3.09. The Kier molecular flexibility index (Phi) is 4.04. The third kappa shape index (κ3) is 3.54. The monoisotopic (exact) mass is 289 g/mol. The van der Waals surface area contributed by atoms with E-state index in [9.17, 15) is 13.2 Å². The molecule has 1 unspecified atom stereocenters. The highest BCUT2D eigenvalue weighted by Crippen LogP contribution is 2.20. The molecule has 0 spiro atoms. The van der Waals surface area contributed by atoms with Crippen molar-refractivity contribution in [3.63, 3.8) is 0 Å². The van der Waals surface area contributed by atoms with E-state index >= 15 is 0 Å². The van der Waals surface area contributed by atoms with Crippen molar-refractivity contribution in [3.05, 3.63) is 22.4 Å². The van der Waals surface area contributed by atoms with Gasteiger partial charge in [0.1, 0.15) is 0 Å². The summed E-state index contributed by atoms with van der Waals surface area (Å²) in [6.45, 7) is 1.04. The molecule has 0 saturated carbocycles. The Hall–Kier alpha value is -0.920. The van der Waals surface area contributed by atoms with Crippen LogP contribution in [0, 0.1) is 0 Å². The number of rotatable bonds is 4. The predicted molar refractivity (Wildman–Crippen MR) is 69.4 cm³/mol. The van der Waals surface area contributed by atoms with Crippen molar-refractivity contribution >= 4 is 27.1 Å². The van der Waals surface area contributed by atoms with Crippen molar-refractivity contribution in [1.29, 1.82) is 0 Å². The smallest absolute Gasteiger partial charge is 0.304 e. The molecule has 1 aromatic heterocycles. The summed E-state index contributed by atoms with van der Waals surface area (Å²) in [5.41, 5.74) is 0. The minimum absolute atomic E-state index is 0.0509. The zero-order chi connectivity index (χ0) is 13.2. The van der Waals surface area contributed by atoms with Gasteiger partial charge in [0.05, 0.1) is 17.9 Å². The Bertz CT molecular complexity index is 509. The third-order valence-electron chi connectivity index (χ3n) is 3.00. The van der Waals surface area contributed by atoms with Gasteiger partial charge in [-0.25, -0.2) is 8.42 Å². The molecule has 0 amide bonds. The second-order valence-electron chi connectivity index (χ2n) is 4.42. The molecule has 1 aliphatic heterocycles. The van der Waals surface area contributed by atoms with Crippen LogP contribution < -0.4 is 0 Å². The summed E-state index contributed by atoms with van der Waals surface area (Å²) in [6.07, 6.45) is -0.120. The van der Waals surface area contributed by atoms with Gasteiger partial charge in [0.2, 0.25) is 0 Å². The van der Waals surface area contributed by atoms with Crippen molar-refractivity contribution in [3.8, 4) is 0 Å². The minimum atomic E-state index is -3.09. The van der Waals surface area contributed by atoms with Gasteiger partial charge in [-0.15, -0.1) is 11.3 Å². The first-order chi connectivity index (χ1) is 8.46. The Morgan fingerprint density at radius 1 is 1.56 bits per heavy atom. The molecule has 5 nitrogen and oxygen atoms in total. The number of carboxylic acid groups (broad SMARTS) is 1. The minimum Gasteiger partial charge on any atom is -0.481 e. The molecule has 100 valence electrons. The molecule has 18 heavy (non-hydrogen) atoms. The number of sulfone groups is 1. The Morgan fingerprint density at radius 3 is 2.94 bits per heavy atom. The van der Waals surface area contributed by atoms with Crippen LogP contribution in [0.3, 0.4) is 0 Å². The summed E-state index contributed by atoms with van der Waals surface area (Å²) in [4.78, 5) is 13.9. The average molecular weight is 289 g/mol. The second-order valence-corrected chi connectivity index (χ2v) is 7.68. The second kappa shape index (κ2) is 5.38. The van der Waals surface area contributed by atoms with E-state index in [1.165, 1.54) is 0 Å². The van der Waals surface area contributed by atoms with Crippen LogP contribution in [-0.2, 0) is 21.2 Å². The van der Waals surface area contributed by atoms with Gasteiger partial charge in [0, 0.05) is 24.0 Å². The summed E-state index contributed by atoms with van der Waals surface area (Å²) in [6, 6.07) is 3.50. The first-order valence-electron chi connectivity index (χ1n) is 5.65. The van der Waals surface area contributed by atoms with E-state index in [4.69, 9.17) is 5.11 Å². The van der Waals surface area contributed by atoms with Gasteiger partial charge in [-0.05, 0) is 11.4 Å². The Balaban J connectivity index is 2.09. The van der Waals surface area contributed by atoms with Crippen molar-refractivity contribution in [2.24, 2.45) is 0 Å². The Labute approximate surface area is 110 Å². The van der Waals surface area contributed by atoms with Gasteiger partial charge in [-0.3, -0.25) is 9.69 Å². The molecule has 2 heterocycles. The highest BCUT2D eigenvalue weighted by molar-refractivity contribution is 7.91. The number of carbonyl (C=O) groups is 1. The maximum atomic E-state index is 11.6. The fourth-order valence-corrected chi connectivity index (χ4v) is 4.44. The largest absolute Gasteiger partial charge is 0.481 e. The lowest BCUT2D eigenvalue weighted by Crippen LogP contribution is -2.48. The maximum absolute atomic E-state index is 11.6. The van der Waals surface area contributed by atoms with E-state index in [1.54, 1.807) is 11.3 Å². The molecule has 7 heteroatoms. The van der Waals surface area contributed by atoms with E-state index in [2.05, 4.69) is 0 Å². The molecule has 2 rings (SSSR count). The topological polar surface area (TPSA) is 74.7 Å². The normalized spacial score (nSPS) is 23.9. The fourth-order valence-electron chi connectivity index (χ4n) is 2.12. The van der Waals surface area contributed by atoms with Crippen LogP contribution in [0.2, 0.25) is 0 Å². The van der Waals surface area contributed by atoms with Crippen LogP contribution >= 0.6 is 11.3 Å². The number of carboxylic acids is 1. The molecular weight excluding hydrogens is 274 g/mol. The lowest BCUT2D eigenvalue weighted by atomic mass is 10.2. The highest BCUT2D eigenvalue weighted by atomic mass is 32.2. The van der Waals surface area contributed by atoms with Crippen molar-refractivity contribution in [2.75, 3.05) is 18.1 Å². The molecule has 1 fully saturated rings. The quantitative estimate of drug-likeness (QED) is 0.888. The van der Waals surface area contributed by atoms with E-state index in [0.717, 1.165) is 4.88 Å². The first kappa shape index (κ1) is 13.5. The SMILES string of the molecule is O=C(O)CC1CS(=O)(=O)CCN1Cc1cccs1. The molecular formula is C11H15NO4S2. The van der Waals surface area contributed by atoms with Crippen LogP contribution in [0.15, 0.2) is 17.5 Å². The van der Waals surface area contributed by atoms with Crippen LogP contribution in [0.1, 0.15) is 11.3 Å². The molecule has 1 aromatic rings. The molecule has 0 aliphatic carbocycles. The number of hydrogen-bond donors (Lipinski definition) is 1. The standard InChI is InChI=1S/C11H15NO4S2/c13-11(14)6-9-8-18(15,16)5-3-12(9)7-10-2-1-4-17-10/h1-2,4,9H,3,5-8H2,(H,13,14). The van der Waals surface area contributed by atoms with Crippen molar-refractivity contribution < 1.29 is 18.3 Å². The molecule has 1 N–H and O–H groups in total. The van der Waals surface area contributed by atoms with Gasteiger partial charge in [0.25, 0.3) is 0 Å².